The first-order valence-electron chi connectivity index (χ1n) is 6.93. The average Bonchev–Trinajstić information content (AvgIpc) is 2.97. The molecule has 2 N–H and O–H groups in total. The molecular formula is C16H16ClFN2O. The molecule has 2 heterocycles. The zero-order chi connectivity index (χ0) is 14.8. The van der Waals surface area contributed by atoms with Crippen molar-refractivity contribution in [3.63, 3.8) is 0 Å². The second-order valence-corrected chi connectivity index (χ2v) is 5.77. The number of nitrogens with one attached hydrogen (secondary N) is 1. The van der Waals surface area contributed by atoms with Crippen molar-refractivity contribution in [2.75, 3.05) is 0 Å². The molecule has 3 rings (SSSR count). The molecule has 110 valence electrons. The lowest BCUT2D eigenvalue weighted by atomic mass is 10.0. The standard InChI is InChI=1S/C16H16ClFN2O/c17-12-3-1-10(2-4-12)14-5-6-15(20-14)16(21)11-7-13(18)9-19-8-11/h1-4,7-9,14-16,20-21H,5-6H2/t14-,15+,16-/m0/s1. The highest BCUT2D eigenvalue weighted by atomic mass is 35.5. The Labute approximate surface area is 127 Å². The van der Waals surface area contributed by atoms with Crippen molar-refractivity contribution >= 4 is 11.6 Å². The van der Waals surface area contributed by atoms with Gasteiger partial charge in [-0.15, -0.1) is 0 Å². The lowest BCUT2D eigenvalue weighted by Gasteiger charge is -2.20. The molecule has 3 atom stereocenters. The highest BCUT2D eigenvalue weighted by molar-refractivity contribution is 6.30. The summed E-state index contributed by atoms with van der Waals surface area (Å²) in [5, 5.41) is 14.5. The zero-order valence-electron chi connectivity index (χ0n) is 11.3. The summed E-state index contributed by atoms with van der Waals surface area (Å²) in [7, 11) is 0. The smallest absolute Gasteiger partial charge is 0.141 e. The lowest BCUT2D eigenvalue weighted by Crippen LogP contribution is -2.30. The summed E-state index contributed by atoms with van der Waals surface area (Å²) in [6.45, 7) is 0. The SMILES string of the molecule is O[C@@H](c1cncc(F)c1)[C@H]1CC[C@@H](c2ccc(Cl)cc2)N1. The normalized spacial score (nSPS) is 23.2. The van der Waals surface area contributed by atoms with Gasteiger partial charge in [0.25, 0.3) is 0 Å². The molecule has 5 heteroatoms. The van der Waals surface area contributed by atoms with Crippen LogP contribution in [-0.4, -0.2) is 16.1 Å². The molecule has 0 amide bonds. The first kappa shape index (κ1) is 14.4. The number of benzene rings is 1. The second kappa shape index (κ2) is 6.10. The van der Waals surface area contributed by atoms with Crippen LogP contribution in [0.2, 0.25) is 5.02 Å². The maximum absolute atomic E-state index is 13.2. The third-order valence-electron chi connectivity index (χ3n) is 3.90. The molecular weight excluding hydrogens is 291 g/mol. The molecule has 3 nitrogen and oxygen atoms in total. The fraction of sp³-hybridized carbons (Fsp3) is 0.312. The van der Waals surface area contributed by atoms with E-state index in [1.807, 2.05) is 24.3 Å². The molecule has 0 radical (unpaired) electrons. The Morgan fingerprint density at radius 1 is 1.24 bits per heavy atom. The van der Waals surface area contributed by atoms with Gasteiger partial charge in [0, 0.05) is 28.9 Å². The fourth-order valence-corrected chi connectivity index (χ4v) is 2.93. The minimum absolute atomic E-state index is 0.103. The molecule has 0 bridgehead atoms. The number of nitrogens with zero attached hydrogens (tertiary/aromatic N) is 1. The van der Waals surface area contributed by atoms with Gasteiger partial charge in [-0.25, -0.2) is 4.39 Å². The first-order valence-corrected chi connectivity index (χ1v) is 7.31. The van der Waals surface area contributed by atoms with E-state index < -0.39 is 11.9 Å². The Hall–Kier alpha value is -1.49. The number of halogens is 2. The van der Waals surface area contributed by atoms with Crippen LogP contribution in [0.3, 0.4) is 0 Å². The van der Waals surface area contributed by atoms with E-state index in [-0.39, 0.29) is 12.1 Å². The molecule has 0 aliphatic carbocycles. The van der Waals surface area contributed by atoms with Crippen LogP contribution in [-0.2, 0) is 0 Å². The highest BCUT2D eigenvalue weighted by Crippen LogP contribution is 2.32. The van der Waals surface area contributed by atoms with Crippen LogP contribution in [0.25, 0.3) is 0 Å². The van der Waals surface area contributed by atoms with Crippen molar-refractivity contribution in [1.82, 2.24) is 10.3 Å². The number of aromatic nitrogens is 1. The van der Waals surface area contributed by atoms with Crippen LogP contribution < -0.4 is 5.32 Å². The Kier molecular flexibility index (Phi) is 4.19. The van der Waals surface area contributed by atoms with E-state index in [0.29, 0.717) is 10.6 Å². The van der Waals surface area contributed by atoms with Gasteiger partial charge in [0.1, 0.15) is 5.82 Å². The molecule has 1 aliphatic heterocycles. The molecule has 0 unspecified atom stereocenters. The second-order valence-electron chi connectivity index (χ2n) is 5.34. The van der Waals surface area contributed by atoms with Gasteiger partial charge in [-0.05, 0) is 36.6 Å². The highest BCUT2D eigenvalue weighted by Gasteiger charge is 2.30. The third kappa shape index (κ3) is 3.23. The van der Waals surface area contributed by atoms with Crippen molar-refractivity contribution in [1.29, 1.82) is 0 Å². The van der Waals surface area contributed by atoms with Crippen molar-refractivity contribution in [2.45, 2.75) is 31.0 Å². The molecule has 2 aromatic rings. The van der Waals surface area contributed by atoms with Gasteiger partial charge in [0.2, 0.25) is 0 Å². The van der Waals surface area contributed by atoms with Gasteiger partial charge >= 0.3 is 0 Å². The van der Waals surface area contributed by atoms with Gasteiger partial charge in [-0.3, -0.25) is 4.98 Å². The van der Waals surface area contributed by atoms with Gasteiger partial charge in [0.15, 0.2) is 0 Å². The summed E-state index contributed by atoms with van der Waals surface area (Å²) < 4.78 is 13.2. The Morgan fingerprint density at radius 2 is 2.00 bits per heavy atom. The van der Waals surface area contributed by atoms with E-state index in [1.54, 1.807) is 0 Å². The minimum Gasteiger partial charge on any atom is -0.387 e. The summed E-state index contributed by atoms with van der Waals surface area (Å²) in [4.78, 5) is 3.79. The van der Waals surface area contributed by atoms with Crippen LogP contribution in [0.1, 0.15) is 36.1 Å². The van der Waals surface area contributed by atoms with Gasteiger partial charge in [-0.2, -0.15) is 0 Å². The monoisotopic (exact) mass is 306 g/mol. The molecule has 1 aromatic heterocycles. The van der Waals surface area contributed by atoms with Crippen LogP contribution in [0.5, 0.6) is 0 Å². The molecule has 1 fully saturated rings. The zero-order valence-corrected chi connectivity index (χ0v) is 12.1. The minimum atomic E-state index is -0.759. The van der Waals surface area contributed by atoms with Crippen LogP contribution in [0.15, 0.2) is 42.7 Å². The van der Waals surface area contributed by atoms with Crippen molar-refractivity contribution in [3.05, 3.63) is 64.7 Å². The number of rotatable bonds is 3. The molecule has 21 heavy (non-hydrogen) atoms. The van der Waals surface area contributed by atoms with Gasteiger partial charge in [0.05, 0.1) is 12.3 Å². The molecule has 0 spiro atoms. The molecule has 1 saturated heterocycles. The number of aliphatic hydroxyl groups is 1. The lowest BCUT2D eigenvalue weighted by molar-refractivity contribution is 0.134. The van der Waals surface area contributed by atoms with Gasteiger partial charge < -0.3 is 10.4 Å². The van der Waals surface area contributed by atoms with E-state index in [1.165, 1.54) is 12.3 Å². The molecule has 1 aromatic carbocycles. The maximum atomic E-state index is 13.2. The van der Waals surface area contributed by atoms with Crippen molar-refractivity contribution in [2.24, 2.45) is 0 Å². The summed E-state index contributed by atoms with van der Waals surface area (Å²) >= 11 is 5.89. The van der Waals surface area contributed by atoms with Crippen molar-refractivity contribution in [3.8, 4) is 0 Å². The summed E-state index contributed by atoms with van der Waals surface area (Å²) in [6, 6.07) is 9.10. The maximum Gasteiger partial charge on any atom is 0.141 e. The third-order valence-corrected chi connectivity index (χ3v) is 4.15. The predicted octanol–water partition coefficient (Wildman–Crippen LogP) is 3.40. The first-order chi connectivity index (χ1) is 10.1. The van der Waals surface area contributed by atoms with E-state index in [0.717, 1.165) is 24.6 Å². The van der Waals surface area contributed by atoms with E-state index >= 15 is 0 Å². The number of aliphatic hydroxyl groups excluding tert-OH is 1. The predicted molar refractivity (Wildman–Crippen MR) is 79.5 cm³/mol. The number of pyridine rings is 1. The number of hydrogen-bond donors (Lipinski definition) is 2. The quantitative estimate of drug-likeness (QED) is 0.913. The molecule has 0 saturated carbocycles. The summed E-state index contributed by atoms with van der Waals surface area (Å²) in [6.07, 6.45) is 3.63. The number of hydrogen-bond acceptors (Lipinski definition) is 3. The van der Waals surface area contributed by atoms with Crippen molar-refractivity contribution < 1.29 is 9.50 Å². The Bertz CT molecular complexity index is 620. The Morgan fingerprint density at radius 3 is 2.71 bits per heavy atom. The van der Waals surface area contributed by atoms with E-state index in [9.17, 15) is 9.50 Å². The Balaban J connectivity index is 1.70. The average molecular weight is 307 g/mol. The fourth-order valence-electron chi connectivity index (χ4n) is 2.80. The topological polar surface area (TPSA) is 45.2 Å². The largest absolute Gasteiger partial charge is 0.387 e. The van der Waals surface area contributed by atoms with E-state index in [4.69, 9.17) is 11.6 Å². The van der Waals surface area contributed by atoms with Crippen LogP contribution >= 0.6 is 11.6 Å². The summed E-state index contributed by atoms with van der Waals surface area (Å²) in [5.74, 6) is -0.432. The van der Waals surface area contributed by atoms with Gasteiger partial charge in [-0.1, -0.05) is 23.7 Å². The molecule has 1 aliphatic rings. The summed E-state index contributed by atoms with van der Waals surface area (Å²) in [5.41, 5.74) is 1.65. The van der Waals surface area contributed by atoms with Crippen LogP contribution in [0, 0.1) is 5.82 Å². The van der Waals surface area contributed by atoms with Crippen LogP contribution in [0.4, 0.5) is 4.39 Å². The van der Waals surface area contributed by atoms with E-state index in [2.05, 4.69) is 10.3 Å².